The zero-order valence-corrected chi connectivity index (χ0v) is 35.2. The normalized spacial score (nSPS) is 21.4. The molecule has 3 saturated heterocycles. The summed E-state index contributed by atoms with van der Waals surface area (Å²) in [5.74, 6) is -0.424. The van der Waals surface area contributed by atoms with Crippen molar-refractivity contribution >= 4 is 41.1 Å². The molecule has 3 aromatic rings. The van der Waals surface area contributed by atoms with Gasteiger partial charge in [0, 0.05) is 30.2 Å². The molecule has 306 valence electrons. The first kappa shape index (κ1) is 41.6. The number of anilines is 3. The molecule has 3 fully saturated rings. The lowest BCUT2D eigenvalue weighted by Gasteiger charge is -2.34. The van der Waals surface area contributed by atoms with Crippen LogP contribution in [-0.2, 0) is 24.5 Å². The van der Waals surface area contributed by atoms with Crippen LogP contribution in [0.25, 0.3) is 0 Å². The van der Waals surface area contributed by atoms with E-state index in [1.165, 1.54) is 15.4 Å². The van der Waals surface area contributed by atoms with Crippen molar-refractivity contribution in [1.82, 2.24) is 9.80 Å². The number of ether oxygens (including phenoxy) is 2. The van der Waals surface area contributed by atoms with Crippen molar-refractivity contribution in [3.8, 4) is 0 Å². The fraction of sp³-hybridized carbons (Fsp3) is 0.522. The van der Waals surface area contributed by atoms with Gasteiger partial charge >= 0.3 is 12.2 Å². The number of hydrogen-bond donors (Lipinski definition) is 2. The van der Waals surface area contributed by atoms with E-state index in [-0.39, 0.29) is 29.3 Å². The molecule has 3 aliphatic heterocycles. The van der Waals surface area contributed by atoms with Crippen LogP contribution in [0, 0.1) is 0 Å². The van der Waals surface area contributed by atoms with Crippen molar-refractivity contribution < 1.29 is 28.7 Å². The van der Waals surface area contributed by atoms with Gasteiger partial charge in [0.2, 0.25) is 11.8 Å². The Balaban J connectivity index is 1.18. The fourth-order valence-corrected chi connectivity index (χ4v) is 8.14. The van der Waals surface area contributed by atoms with Crippen LogP contribution in [0.5, 0.6) is 0 Å². The molecule has 3 aliphatic rings. The summed E-state index contributed by atoms with van der Waals surface area (Å²) in [7, 11) is 0. The number of rotatable bonds is 7. The van der Waals surface area contributed by atoms with Gasteiger partial charge < -0.3 is 25.0 Å². The van der Waals surface area contributed by atoms with E-state index in [4.69, 9.17) is 9.47 Å². The second-order valence-corrected chi connectivity index (χ2v) is 18.7. The summed E-state index contributed by atoms with van der Waals surface area (Å²) in [4.78, 5) is 58.0. The molecule has 0 saturated carbocycles. The Hall–Kier alpha value is -5.06. The first-order chi connectivity index (χ1) is 26.8. The highest BCUT2D eigenvalue weighted by Gasteiger charge is 2.39. The minimum absolute atomic E-state index is 0.0216. The van der Waals surface area contributed by atoms with E-state index >= 15 is 0 Å². The molecule has 2 N–H and O–H groups in total. The highest BCUT2D eigenvalue weighted by atomic mass is 16.6. The van der Waals surface area contributed by atoms with Gasteiger partial charge in [0.15, 0.2) is 0 Å². The number of nitrogens with one attached hydrogen (secondary N) is 2. The molecule has 0 aromatic heterocycles. The molecule has 57 heavy (non-hydrogen) atoms. The van der Waals surface area contributed by atoms with Gasteiger partial charge in [-0.15, -0.1) is 0 Å². The van der Waals surface area contributed by atoms with Crippen LogP contribution in [0.1, 0.15) is 130 Å². The number of benzene rings is 3. The number of amides is 4. The van der Waals surface area contributed by atoms with Gasteiger partial charge in [-0.25, -0.2) is 9.59 Å². The fourth-order valence-electron chi connectivity index (χ4n) is 8.14. The number of nitrogens with zero attached hydrogens (tertiary/aromatic N) is 3. The highest BCUT2D eigenvalue weighted by molar-refractivity contribution is 5.97. The Bertz CT molecular complexity index is 1800. The number of hydrogen-bond acceptors (Lipinski definition) is 7. The Morgan fingerprint density at radius 1 is 0.544 bits per heavy atom. The number of carbonyl (C=O) groups is 4. The average Bonchev–Trinajstić information content (AvgIpc) is 3.91. The van der Waals surface area contributed by atoms with Gasteiger partial charge in [0.25, 0.3) is 0 Å². The first-order valence-corrected chi connectivity index (χ1v) is 20.5. The minimum Gasteiger partial charge on any atom is -0.444 e. The summed E-state index contributed by atoms with van der Waals surface area (Å²) < 4.78 is 11.1. The molecule has 11 nitrogen and oxygen atoms in total. The molecule has 3 heterocycles. The summed E-state index contributed by atoms with van der Waals surface area (Å²) in [5.41, 5.74) is 4.78. The lowest BCUT2D eigenvalue weighted by molar-refractivity contribution is -0.121. The molecule has 0 aliphatic carbocycles. The van der Waals surface area contributed by atoms with E-state index in [0.29, 0.717) is 37.3 Å². The predicted molar refractivity (Wildman–Crippen MR) is 224 cm³/mol. The molecule has 0 spiro atoms. The molecule has 11 heteroatoms. The van der Waals surface area contributed by atoms with Crippen LogP contribution in [0.2, 0.25) is 0 Å². The van der Waals surface area contributed by atoms with Gasteiger partial charge in [-0.1, -0.05) is 57.2 Å². The van der Waals surface area contributed by atoms with E-state index in [2.05, 4.69) is 84.8 Å². The third kappa shape index (κ3) is 10.1. The third-order valence-corrected chi connectivity index (χ3v) is 10.9. The molecule has 4 atom stereocenters. The number of likely N-dealkylation sites (tertiary alicyclic amines) is 2. The lowest BCUT2D eigenvalue weighted by Crippen LogP contribution is -2.45. The van der Waals surface area contributed by atoms with Crippen LogP contribution in [0.15, 0.2) is 72.8 Å². The summed E-state index contributed by atoms with van der Waals surface area (Å²) >= 11 is 0. The highest BCUT2D eigenvalue weighted by Crippen LogP contribution is 2.47. The lowest BCUT2D eigenvalue weighted by atomic mass is 9.87. The summed E-state index contributed by atoms with van der Waals surface area (Å²) in [6, 6.07) is 24.0. The largest absolute Gasteiger partial charge is 0.444 e. The summed E-state index contributed by atoms with van der Waals surface area (Å²) in [6.07, 6.45) is 3.60. The van der Waals surface area contributed by atoms with Crippen molar-refractivity contribution in [3.05, 3.63) is 89.5 Å². The maximum Gasteiger partial charge on any atom is 0.410 e. The van der Waals surface area contributed by atoms with Crippen molar-refractivity contribution in [3.63, 3.8) is 0 Å². The second-order valence-electron chi connectivity index (χ2n) is 18.7. The standard InChI is InChI=1S/C46H61N5O6/c1-44(2,3)32-18-24-35(25-19-32)51-36(30-14-20-33(21-15-30)47-40(52)38-12-10-28-49(38)42(54)56-45(4,5)6)26-27-37(51)31-16-22-34(23-17-31)48-41(53)39-13-11-29-50(39)43(55)57-46(7,8)9/h14-25,36-39H,10-13,26-29H2,1-9H3,(H,47,52)(H,48,53)/t36-,37-,38?,39?/m0/s1. The van der Waals surface area contributed by atoms with Crippen molar-refractivity contribution in [1.29, 1.82) is 0 Å². The average molecular weight is 780 g/mol. The predicted octanol–water partition coefficient (Wildman–Crippen LogP) is 9.74. The van der Waals surface area contributed by atoms with E-state index in [0.717, 1.165) is 42.5 Å². The van der Waals surface area contributed by atoms with Gasteiger partial charge in [-0.3, -0.25) is 19.4 Å². The van der Waals surface area contributed by atoms with E-state index in [1.807, 2.05) is 65.8 Å². The summed E-state index contributed by atoms with van der Waals surface area (Å²) in [6.45, 7) is 18.6. The Morgan fingerprint density at radius 3 is 1.28 bits per heavy atom. The van der Waals surface area contributed by atoms with Crippen LogP contribution >= 0.6 is 0 Å². The monoisotopic (exact) mass is 779 g/mol. The molecule has 4 amide bonds. The van der Waals surface area contributed by atoms with Crippen LogP contribution < -0.4 is 15.5 Å². The number of carbonyl (C=O) groups excluding carboxylic acids is 4. The van der Waals surface area contributed by atoms with E-state index < -0.39 is 35.5 Å². The maximum absolute atomic E-state index is 13.4. The van der Waals surface area contributed by atoms with Gasteiger partial charge in [0.1, 0.15) is 23.3 Å². The zero-order chi connectivity index (χ0) is 41.3. The van der Waals surface area contributed by atoms with Crippen molar-refractivity contribution in [2.75, 3.05) is 28.6 Å². The van der Waals surface area contributed by atoms with Crippen molar-refractivity contribution in [2.45, 2.75) is 142 Å². The molecular weight excluding hydrogens is 719 g/mol. The minimum atomic E-state index is -0.636. The molecule has 0 radical (unpaired) electrons. The quantitative estimate of drug-likeness (QED) is 0.245. The Kier molecular flexibility index (Phi) is 12.0. The first-order valence-electron chi connectivity index (χ1n) is 20.5. The third-order valence-electron chi connectivity index (χ3n) is 10.9. The van der Waals surface area contributed by atoms with Crippen molar-refractivity contribution in [2.24, 2.45) is 0 Å². The van der Waals surface area contributed by atoms with Crippen LogP contribution in [0.3, 0.4) is 0 Å². The smallest absolute Gasteiger partial charge is 0.410 e. The molecule has 2 unspecified atom stereocenters. The van der Waals surface area contributed by atoms with E-state index in [1.54, 1.807) is 0 Å². The van der Waals surface area contributed by atoms with Crippen LogP contribution in [-0.4, -0.2) is 70.2 Å². The zero-order valence-electron chi connectivity index (χ0n) is 35.2. The topological polar surface area (TPSA) is 121 Å². The van der Waals surface area contributed by atoms with Crippen LogP contribution in [0.4, 0.5) is 26.7 Å². The Morgan fingerprint density at radius 2 is 0.930 bits per heavy atom. The Labute approximate surface area is 338 Å². The van der Waals surface area contributed by atoms with Gasteiger partial charge in [-0.2, -0.15) is 0 Å². The molecular formula is C46H61N5O6. The molecule has 0 bridgehead atoms. The summed E-state index contributed by atoms with van der Waals surface area (Å²) in [5, 5.41) is 6.09. The molecule has 6 rings (SSSR count). The maximum atomic E-state index is 13.4. The van der Waals surface area contributed by atoms with Gasteiger partial charge in [-0.05, 0) is 139 Å². The second kappa shape index (κ2) is 16.4. The van der Waals surface area contributed by atoms with E-state index in [9.17, 15) is 19.2 Å². The van der Waals surface area contributed by atoms with Gasteiger partial charge in [0.05, 0.1) is 12.1 Å². The molecule has 3 aromatic carbocycles. The SMILES string of the molecule is CC(C)(C)OC(=O)N1CCCC1C(=O)Nc1ccc([C@@H]2CC[C@@H](c3ccc(NC(=O)C4CCCN4C(=O)OC(C)(C)C)cc3)N2c2ccc(C(C)(C)C)cc2)cc1.